The van der Waals surface area contributed by atoms with Crippen molar-refractivity contribution in [3.8, 4) is 0 Å². The van der Waals surface area contributed by atoms with E-state index in [2.05, 4.69) is 5.48 Å². The molecule has 0 aromatic heterocycles. The third-order valence-corrected chi connectivity index (χ3v) is 7.64. The Hall–Kier alpha value is -1.64. The minimum atomic E-state index is -2.36. The Balaban J connectivity index is 2.57. The molecule has 0 saturated heterocycles. The Morgan fingerprint density at radius 1 is 1.09 bits per heavy atom. The maximum Gasteiger partial charge on any atom is 0.378 e. The summed E-state index contributed by atoms with van der Waals surface area (Å²) >= 11 is 0. The molecule has 1 N–H and O–H groups in total. The van der Waals surface area contributed by atoms with Crippen LogP contribution in [-0.4, -0.2) is 26.2 Å². The lowest BCUT2D eigenvalue weighted by Gasteiger charge is -2.30. The summed E-state index contributed by atoms with van der Waals surface area (Å²) in [5.74, 6) is -0.173. The summed E-state index contributed by atoms with van der Waals surface area (Å²) in [6, 6.07) is 19.8. The molecule has 22 heavy (non-hydrogen) atoms. The zero-order valence-corrected chi connectivity index (χ0v) is 13.8. The van der Waals surface area contributed by atoms with Gasteiger partial charge < -0.3 is 0 Å². The van der Waals surface area contributed by atoms with E-state index in [1.165, 1.54) is 7.11 Å². The lowest BCUT2D eigenvalue weighted by Crippen LogP contribution is -2.42. The molecule has 0 aliphatic rings. The molecule has 0 aliphatic carbocycles. The minimum Gasteiger partial charge on any atom is -0.277 e. The van der Waals surface area contributed by atoms with Crippen LogP contribution in [0.5, 0.6) is 0 Å². The molecule has 0 bridgehead atoms. The monoisotopic (exact) mass is 312 g/mol. The van der Waals surface area contributed by atoms with Gasteiger partial charge in [0.1, 0.15) is 5.66 Å². The van der Waals surface area contributed by atoms with Crippen LogP contribution in [0.1, 0.15) is 13.3 Å². The molecule has 3 nitrogen and oxygen atoms in total. The summed E-state index contributed by atoms with van der Waals surface area (Å²) in [4.78, 5) is 17.3. The lowest BCUT2D eigenvalue weighted by molar-refractivity contribution is -0.130. The molecule has 0 saturated carbocycles. The van der Waals surface area contributed by atoms with Crippen LogP contribution in [0.2, 0.25) is 0 Å². The Labute approximate surface area is 133 Å². The van der Waals surface area contributed by atoms with Gasteiger partial charge in [0, 0.05) is 7.14 Å². The van der Waals surface area contributed by atoms with Gasteiger partial charge in [0.05, 0.1) is 17.7 Å². The number of carbonyl (C=O) groups is 1. The van der Waals surface area contributed by atoms with Gasteiger partial charge in [-0.3, -0.25) is 9.63 Å². The van der Waals surface area contributed by atoms with Crippen LogP contribution in [0.25, 0.3) is 0 Å². The van der Waals surface area contributed by atoms with Crippen molar-refractivity contribution < 1.29 is 9.63 Å². The van der Waals surface area contributed by atoms with E-state index >= 15 is 0 Å². The molecule has 2 rings (SSSR count). The zero-order chi connectivity index (χ0) is 16.0. The average molecular weight is 312 g/mol. The van der Waals surface area contributed by atoms with E-state index in [9.17, 15) is 4.79 Å². The maximum absolute atomic E-state index is 12.5. The van der Waals surface area contributed by atoms with Crippen LogP contribution >= 0.6 is 7.14 Å². The van der Waals surface area contributed by atoms with Crippen LogP contribution in [0, 0.1) is 0 Å². The summed E-state index contributed by atoms with van der Waals surface area (Å²) in [7, 11) is 6.00. The third kappa shape index (κ3) is 3.24. The van der Waals surface area contributed by atoms with E-state index in [0.29, 0.717) is 6.42 Å². The van der Waals surface area contributed by atoms with Crippen LogP contribution in [0.15, 0.2) is 60.7 Å². The first-order chi connectivity index (χ1) is 10.6. The summed E-state index contributed by atoms with van der Waals surface area (Å²) in [5.41, 5.74) is 2.11. The molecule has 5 heteroatoms. The Morgan fingerprint density at radius 2 is 1.55 bits per heavy atom. The SMILES string of the molecule is [B][P+](c1ccccc1)(c1ccccc1)C(CC)C(=O)NOC. The fraction of sp³-hybridized carbons (Fsp3) is 0.235. The molecule has 2 aromatic carbocycles. The van der Waals surface area contributed by atoms with Crippen molar-refractivity contribution in [2.75, 3.05) is 7.11 Å². The molecule has 0 spiro atoms. The highest BCUT2D eigenvalue weighted by atomic mass is 31.2. The second-order valence-electron chi connectivity index (χ2n) is 5.04. The number of carbonyl (C=O) groups excluding carboxylic acids is 1. The van der Waals surface area contributed by atoms with Crippen molar-refractivity contribution in [2.24, 2.45) is 0 Å². The number of nitrogens with one attached hydrogen (secondary N) is 1. The van der Waals surface area contributed by atoms with Crippen LogP contribution in [0.4, 0.5) is 0 Å². The van der Waals surface area contributed by atoms with Crippen molar-refractivity contribution in [3.05, 3.63) is 60.7 Å². The molecule has 0 fully saturated rings. The summed E-state index contributed by atoms with van der Waals surface area (Å²) in [5, 5.41) is 2.03. The van der Waals surface area contributed by atoms with Gasteiger partial charge in [-0.15, -0.1) is 0 Å². The van der Waals surface area contributed by atoms with Crippen molar-refractivity contribution in [2.45, 2.75) is 19.0 Å². The highest BCUT2D eigenvalue weighted by Gasteiger charge is 2.48. The van der Waals surface area contributed by atoms with Crippen molar-refractivity contribution in [1.82, 2.24) is 5.48 Å². The van der Waals surface area contributed by atoms with Gasteiger partial charge in [0.15, 0.2) is 0 Å². The van der Waals surface area contributed by atoms with E-state index < -0.39 is 7.14 Å². The van der Waals surface area contributed by atoms with E-state index in [1.54, 1.807) is 0 Å². The van der Waals surface area contributed by atoms with Crippen LogP contribution in [0.3, 0.4) is 0 Å². The minimum absolute atomic E-state index is 0.173. The van der Waals surface area contributed by atoms with Gasteiger partial charge in [0.25, 0.3) is 5.91 Å². The zero-order valence-electron chi connectivity index (χ0n) is 12.9. The molecule has 1 unspecified atom stereocenters. The van der Waals surface area contributed by atoms with Crippen molar-refractivity contribution >= 4 is 31.2 Å². The van der Waals surface area contributed by atoms with Crippen LogP contribution < -0.4 is 16.1 Å². The molecule has 2 radical (unpaired) electrons. The molecule has 1 amide bonds. The number of hydrogen-bond donors (Lipinski definition) is 1. The van der Waals surface area contributed by atoms with Gasteiger partial charge in [0.2, 0.25) is 0 Å². The Bertz CT molecular complexity index is 567. The van der Waals surface area contributed by atoms with E-state index in [1.807, 2.05) is 67.6 Å². The Morgan fingerprint density at radius 3 is 1.91 bits per heavy atom. The molecule has 112 valence electrons. The summed E-state index contributed by atoms with van der Waals surface area (Å²) < 4.78 is 0. The smallest absolute Gasteiger partial charge is 0.277 e. The average Bonchev–Trinajstić information content (AvgIpc) is 2.57. The first-order valence-corrected chi connectivity index (χ1v) is 9.18. The maximum atomic E-state index is 12.5. The first kappa shape index (κ1) is 16.7. The normalized spacial score (nSPS) is 12.6. The van der Waals surface area contributed by atoms with Gasteiger partial charge in [-0.1, -0.05) is 43.3 Å². The van der Waals surface area contributed by atoms with Crippen molar-refractivity contribution in [1.29, 1.82) is 0 Å². The predicted octanol–water partition coefficient (Wildman–Crippen LogP) is 2.19. The quantitative estimate of drug-likeness (QED) is 0.504. The lowest BCUT2D eigenvalue weighted by atomic mass is 10.3. The molecule has 2 aromatic rings. The number of benzene rings is 2. The summed E-state index contributed by atoms with van der Waals surface area (Å²) in [6.45, 7) is 1.98. The number of hydrogen-bond acceptors (Lipinski definition) is 2. The second-order valence-corrected chi connectivity index (χ2v) is 8.25. The first-order valence-electron chi connectivity index (χ1n) is 7.26. The highest BCUT2D eigenvalue weighted by molar-refractivity contribution is 8.09. The molecular weight excluding hydrogens is 292 g/mol. The van der Waals surface area contributed by atoms with Gasteiger partial charge in [-0.25, -0.2) is 5.48 Å². The molecular formula is C17H20BNO2P+. The Kier molecular flexibility index (Phi) is 5.76. The highest BCUT2D eigenvalue weighted by Crippen LogP contribution is 2.57. The van der Waals surface area contributed by atoms with Crippen LogP contribution in [-0.2, 0) is 9.63 Å². The van der Waals surface area contributed by atoms with Gasteiger partial charge >= 0.3 is 7.57 Å². The number of rotatable bonds is 6. The molecule has 0 aliphatic heterocycles. The number of hydroxylamine groups is 1. The summed E-state index contributed by atoms with van der Waals surface area (Å²) in [6.07, 6.45) is 0.642. The van der Waals surface area contributed by atoms with Gasteiger partial charge in [-0.05, 0) is 30.7 Å². The fourth-order valence-electron chi connectivity index (χ4n) is 2.69. The molecule has 0 heterocycles. The van der Waals surface area contributed by atoms with E-state index in [0.717, 1.165) is 10.6 Å². The fourth-order valence-corrected chi connectivity index (χ4v) is 6.03. The number of amides is 1. The molecule has 1 atom stereocenters. The van der Waals surface area contributed by atoms with E-state index in [4.69, 9.17) is 12.4 Å². The largest absolute Gasteiger partial charge is 0.378 e. The van der Waals surface area contributed by atoms with E-state index in [-0.39, 0.29) is 11.6 Å². The standard InChI is InChI=1S/C17H20BNO2P/c1-3-16(17(20)19-21-2)22(18,14-10-6-4-7-11-14)15-12-8-5-9-13-15/h4-13,16H,3H2,1-2H3,(H,19,20)/q+1. The van der Waals surface area contributed by atoms with Crippen molar-refractivity contribution in [3.63, 3.8) is 0 Å². The second kappa shape index (κ2) is 7.57. The van der Waals surface area contributed by atoms with Gasteiger partial charge in [-0.2, -0.15) is 0 Å². The topological polar surface area (TPSA) is 38.3 Å². The predicted molar refractivity (Wildman–Crippen MR) is 94.1 cm³/mol. The third-order valence-electron chi connectivity index (χ3n) is 3.75.